The molecule has 0 saturated carbocycles. The van der Waals surface area contributed by atoms with Crippen LogP contribution in [-0.4, -0.2) is 14.5 Å². The van der Waals surface area contributed by atoms with Gasteiger partial charge in [-0.1, -0.05) is 30.3 Å². The SMILES string of the molecule is Cc1c(-c2ccccc2)n2nccc2c2ccc([N+](=O)[O-])cc12. The number of aryl methyl sites for hydroxylation is 1. The van der Waals surface area contributed by atoms with Crippen molar-refractivity contribution in [2.24, 2.45) is 0 Å². The fraction of sp³-hybridized carbons (Fsp3) is 0.0556. The summed E-state index contributed by atoms with van der Waals surface area (Å²) in [4.78, 5) is 10.8. The van der Waals surface area contributed by atoms with Crippen LogP contribution >= 0.6 is 0 Å². The molecule has 0 aliphatic carbocycles. The van der Waals surface area contributed by atoms with Crippen LogP contribution in [0.15, 0.2) is 60.8 Å². The smallest absolute Gasteiger partial charge is 0.258 e. The molecule has 4 aromatic rings. The lowest BCUT2D eigenvalue weighted by atomic mass is 9.99. The average Bonchev–Trinajstić information content (AvgIpc) is 3.05. The van der Waals surface area contributed by atoms with E-state index in [0.717, 1.165) is 33.1 Å². The molecule has 0 amide bonds. The molecule has 2 heterocycles. The molecule has 0 unspecified atom stereocenters. The summed E-state index contributed by atoms with van der Waals surface area (Å²) >= 11 is 0. The molecule has 0 N–H and O–H groups in total. The van der Waals surface area contributed by atoms with Gasteiger partial charge in [-0.3, -0.25) is 10.1 Å². The monoisotopic (exact) mass is 303 g/mol. The molecular formula is C18H13N3O2. The summed E-state index contributed by atoms with van der Waals surface area (Å²) in [5, 5.41) is 17.4. The van der Waals surface area contributed by atoms with Crippen molar-refractivity contribution in [2.45, 2.75) is 6.92 Å². The maximum atomic E-state index is 11.1. The molecule has 0 aliphatic heterocycles. The van der Waals surface area contributed by atoms with Gasteiger partial charge < -0.3 is 0 Å². The van der Waals surface area contributed by atoms with E-state index in [1.807, 2.05) is 47.8 Å². The van der Waals surface area contributed by atoms with Gasteiger partial charge in [-0.15, -0.1) is 0 Å². The number of nitrogens with zero attached hydrogens (tertiary/aromatic N) is 3. The first-order chi connectivity index (χ1) is 11.2. The third kappa shape index (κ3) is 1.97. The standard InChI is InChI=1S/C18H13N3O2/c1-12-16-11-14(21(22)23)7-8-15(16)17-9-10-19-20(17)18(12)13-5-3-2-4-6-13/h2-11H,1H3. The first kappa shape index (κ1) is 13.5. The molecule has 0 spiro atoms. The molecule has 0 saturated heterocycles. The Morgan fingerprint density at radius 3 is 2.57 bits per heavy atom. The quantitative estimate of drug-likeness (QED) is 0.408. The highest BCUT2D eigenvalue weighted by Crippen LogP contribution is 2.34. The molecule has 23 heavy (non-hydrogen) atoms. The second-order valence-electron chi connectivity index (χ2n) is 5.45. The Labute approximate surface area is 131 Å². The Balaban J connectivity index is 2.18. The van der Waals surface area contributed by atoms with Crippen LogP contribution in [-0.2, 0) is 0 Å². The molecule has 5 heteroatoms. The third-order valence-corrected chi connectivity index (χ3v) is 4.15. The van der Waals surface area contributed by atoms with Crippen LogP contribution in [0, 0.1) is 17.0 Å². The highest BCUT2D eigenvalue weighted by atomic mass is 16.6. The molecule has 0 aliphatic rings. The predicted molar refractivity (Wildman–Crippen MR) is 89.5 cm³/mol. The third-order valence-electron chi connectivity index (χ3n) is 4.15. The zero-order chi connectivity index (χ0) is 16.0. The van der Waals surface area contributed by atoms with Crippen molar-refractivity contribution in [3.05, 3.63) is 76.5 Å². The first-order valence-corrected chi connectivity index (χ1v) is 7.26. The molecule has 4 rings (SSSR count). The average molecular weight is 303 g/mol. The van der Waals surface area contributed by atoms with Gasteiger partial charge in [0.1, 0.15) is 0 Å². The number of aromatic nitrogens is 2. The largest absolute Gasteiger partial charge is 0.270 e. The summed E-state index contributed by atoms with van der Waals surface area (Å²) in [5.41, 5.74) is 4.01. The highest BCUT2D eigenvalue weighted by molar-refractivity contribution is 6.01. The minimum atomic E-state index is -0.359. The normalized spacial score (nSPS) is 11.2. The van der Waals surface area contributed by atoms with Gasteiger partial charge >= 0.3 is 0 Å². The topological polar surface area (TPSA) is 60.4 Å². The molecular weight excluding hydrogens is 290 g/mol. The zero-order valence-electron chi connectivity index (χ0n) is 12.4. The number of hydrogen-bond acceptors (Lipinski definition) is 3. The van der Waals surface area contributed by atoms with Gasteiger partial charge in [0.2, 0.25) is 0 Å². The zero-order valence-corrected chi connectivity index (χ0v) is 12.4. The Bertz CT molecular complexity index is 1050. The van der Waals surface area contributed by atoms with Gasteiger partial charge in [0.15, 0.2) is 0 Å². The maximum absolute atomic E-state index is 11.1. The van der Waals surface area contributed by atoms with E-state index in [9.17, 15) is 10.1 Å². The predicted octanol–water partition coefficient (Wildman–Crippen LogP) is 4.37. The molecule has 0 fully saturated rings. The van der Waals surface area contributed by atoms with Gasteiger partial charge in [0.25, 0.3) is 5.69 Å². The van der Waals surface area contributed by atoms with Crippen molar-refractivity contribution in [1.29, 1.82) is 0 Å². The fourth-order valence-electron chi connectivity index (χ4n) is 3.09. The summed E-state index contributed by atoms with van der Waals surface area (Å²) in [6.45, 7) is 1.98. The van der Waals surface area contributed by atoms with E-state index in [1.165, 1.54) is 6.07 Å². The summed E-state index contributed by atoms with van der Waals surface area (Å²) in [6, 6.07) is 16.9. The van der Waals surface area contributed by atoms with E-state index in [2.05, 4.69) is 5.10 Å². The van der Waals surface area contributed by atoms with Crippen molar-refractivity contribution in [3.63, 3.8) is 0 Å². The van der Waals surface area contributed by atoms with E-state index in [1.54, 1.807) is 18.3 Å². The van der Waals surface area contributed by atoms with Crippen LogP contribution in [0.5, 0.6) is 0 Å². The number of hydrogen-bond donors (Lipinski definition) is 0. The van der Waals surface area contributed by atoms with Crippen molar-refractivity contribution >= 4 is 22.0 Å². The first-order valence-electron chi connectivity index (χ1n) is 7.26. The number of fused-ring (bicyclic) bond motifs is 3. The fourth-order valence-corrected chi connectivity index (χ4v) is 3.09. The van der Waals surface area contributed by atoms with Gasteiger partial charge in [-0.2, -0.15) is 5.10 Å². The lowest BCUT2D eigenvalue weighted by Gasteiger charge is -2.13. The molecule has 2 aromatic carbocycles. The number of non-ortho nitro benzene ring substituents is 1. The van der Waals surface area contributed by atoms with E-state index in [0.29, 0.717) is 0 Å². The summed E-state index contributed by atoms with van der Waals surface area (Å²) < 4.78 is 1.90. The van der Waals surface area contributed by atoms with Crippen LogP contribution in [0.1, 0.15) is 5.56 Å². The number of pyridine rings is 1. The summed E-state index contributed by atoms with van der Waals surface area (Å²) in [7, 11) is 0. The van der Waals surface area contributed by atoms with Crippen molar-refractivity contribution in [1.82, 2.24) is 9.61 Å². The van der Waals surface area contributed by atoms with Crippen LogP contribution in [0.25, 0.3) is 27.5 Å². The molecule has 112 valence electrons. The number of rotatable bonds is 2. The van der Waals surface area contributed by atoms with Crippen LogP contribution in [0.3, 0.4) is 0 Å². The van der Waals surface area contributed by atoms with Gasteiger partial charge in [0, 0.05) is 23.1 Å². The lowest BCUT2D eigenvalue weighted by molar-refractivity contribution is -0.384. The summed E-state index contributed by atoms with van der Waals surface area (Å²) in [5.74, 6) is 0. The second-order valence-corrected chi connectivity index (χ2v) is 5.45. The molecule has 5 nitrogen and oxygen atoms in total. The van der Waals surface area contributed by atoms with Crippen molar-refractivity contribution in [2.75, 3.05) is 0 Å². The van der Waals surface area contributed by atoms with Gasteiger partial charge in [-0.25, -0.2) is 4.52 Å². The number of nitro benzene ring substituents is 1. The Hall–Kier alpha value is -3.21. The minimum absolute atomic E-state index is 0.100. The lowest BCUT2D eigenvalue weighted by Crippen LogP contribution is -1.99. The van der Waals surface area contributed by atoms with E-state index < -0.39 is 0 Å². The van der Waals surface area contributed by atoms with E-state index >= 15 is 0 Å². The number of benzene rings is 2. The summed E-state index contributed by atoms with van der Waals surface area (Å²) in [6.07, 6.45) is 1.75. The highest BCUT2D eigenvalue weighted by Gasteiger charge is 2.16. The van der Waals surface area contributed by atoms with Gasteiger partial charge in [-0.05, 0) is 30.0 Å². The second kappa shape index (κ2) is 4.91. The molecule has 0 radical (unpaired) electrons. The van der Waals surface area contributed by atoms with Crippen molar-refractivity contribution in [3.8, 4) is 11.3 Å². The van der Waals surface area contributed by atoms with Crippen molar-refractivity contribution < 1.29 is 4.92 Å². The van der Waals surface area contributed by atoms with Gasteiger partial charge in [0.05, 0.1) is 22.3 Å². The van der Waals surface area contributed by atoms with E-state index in [4.69, 9.17) is 0 Å². The Kier molecular flexibility index (Phi) is 2.87. The molecule has 2 aromatic heterocycles. The van der Waals surface area contributed by atoms with E-state index in [-0.39, 0.29) is 10.6 Å². The molecule has 0 atom stereocenters. The molecule has 0 bridgehead atoms. The Morgan fingerprint density at radius 2 is 1.83 bits per heavy atom. The number of nitro groups is 1. The Morgan fingerprint density at radius 1 is 1.04 bits per heavy atom. The van der Waals surface area contributed by atoms with Crippen LogP contribution in [0.4, 0.5) is 5.69 Å². The minimum Gasteiger partial charge on any atom is -0.258 e. The van der Waals surface area contributed by atoms with Crippen LogP contribution < -0.4 is 0 Å². The van der Waals surface area contributed by atoms with Crippen LogP contribution in [0.2, 0.25) is 0 Å². The maximum Gasteiger partial charge on any atom is 0.270 e.